The number of carboxylic acid groups (broad SMARTS) is 1. The summed E-state index contributed by atoms with van der Waals surface area (Å²) in [6, 6.07) is -6.06. The number of rotatable bonds is 24. The van der Waals surface area contributed by atoms with E-state index in [1.807, 2.05) is 0 Å². The van der Waals surface area contributed by atoms with Crippen molar-refractivity contribution >= 4 is 122 Å². The third-order valence-electron chi connectivity index (χ3n) is 6.03. The summed E-state index contributed by atoms with van der Waals surface area (Å²) >= 11 is 19.7. The van der Waals surface area contributed by atoms with Crippen LogP contribution in [0.4, 0.5) is 0 Å². The van der Waals surface area contributed by atoms with Crippen molar-refractivity contribution < 1.29 is 53.1 Å². The molecule has 0 spiro atoms. The Morgan fingerprint density at radius 3 is 0.824 bits per heavy atom. The highest BCUT2D eigenvalue weighted by atomic mass is 32.1. The summed E-state index contributed by atoms with van der Waals surface area (Å²) < 4.78 is 0. The number of carboxylic acids is 1. The third kappa shape index (κ3) is 19.6. The summed E-state index contributed by atoms with van der Waals surface area (Å²) in [5.41, 5.74) is 5.19. The molecule has 0 aromatic carbocycles. The van der Waals surface area contributed by atoms with E-state index in [9.17, 15) is 47.9 Å². The van der Waals surface area contributed by atoms with E-state index in [4.69, 9.17) is 10.8 Å². The largest absolute Gasteiger partial charge is 0.480 e. The predicted molar refractivity (Wildman–Crippen MR) is 198 cm³/mol. The summed E-state index contributed by atoms with van der Waals surface area (Å²) in [6.07, 6.45) is 0. The van der Waals surface area contributed by atoms with E-state index in [2.05, 4.69) is 111 Å². The molecule has 0 fully saturated rings. The fraction of sp³-hybridized carbons (Fsp3) is 0.600. The van der Waals surface area contributed by atoms with Crippen LogP contribution in [0.1, 0.15) is 0 Å². The number of hydrogen-bond donors (Lipinski definition) is 16. The van der Waals surface area contributed by atoms with Gasteiger partial charge in [-0.25, -0.2) is 4.79 Å². The summed E-state index contributed by atoms with van der Waals surface area (Å²) in [4.78, 5) is 121. The number of amides is 9. The lowest BCUT2D eigenvalue weighted by Gasteiger charge is -2.20. The second-order valence-corrected chi connectivity index (χ2v) is 11.8. The predicted octanol–water partition coefficient (Wildman–Crippen LogP) is -7.43. The first kappa shape index (κ1) is 47.4. The van der Waals surface area contributed by atoms with Crippen LogP contribution in [0.5, 0.6) is 0 Å². The number of aliphatic carboxylic acids is 1. The number of carbonyl (C=O) groups excluding carboxylic acids is 9. The molecule has 0 saturated heterocycles. The fourth-order valence-corrected chi connectivity index (χ4v) is 4.63. The normalized spacial score (nSPS) is 13.4. The van der Waals surface area contributed by atoms with Gasteiger partial charge in [-0.1, -0.05) is 0 Å². The first-order valence-corrected chi connectivity index (χ1v) is 17.8. The first-order chi connectivity index (χ1) is 24.1. The van der Waals surface area contributed by atoms with E-state index in [0.717, 1.165) is 0 Å². The van der Waals surface area contributed by atoms with Crippen LogP contribution in [0.15, 0.2) is 0 Å². The van der Waals surface area contributed by atoms with Crippen LogP contribution in [0.2, 0.25) is 0 Å². The molecule has 0 radical (unpaired) electrons. The summed E-state index contributed by atoms with van der Waals surface area (Å²) in [5, 5.41) is 29.3. The zero-order valence-corrected chi connectivity index (χ0v) is 31.3. The molecule has 9 amide bonds. The minimum absolute atomic E-state index is 0.0763. The van der Waals surface area contributed by atoms with Crippen LogP contribution in [-0.4, -0.2) is 156 Å². The Morgan fingerprint density at radius 2 is 0.627 bits per heavy atom. The molecule has 0 heterocycles. The molecule has 0 bridgehead atoms. The van der Waals surface area contributed by atoms with E-state index >= 15 is 0 Å². The van der Waals surface area contributed by atoms with E-state index in [1.54, 1.807) is 0 Å². The highest BCUT2D eigenvalue weighted by Gasteiger charge is 2.26. The monoisotopic (exact) mass is 818 g/mol. The topological polar surface area (TPSA) is 325 Å². The molecule has 0 aromatic heterocycles. The highest BCUT2D eigenvalue weighted by molar-refractivity contribution is 7.81. The molecule has 12 N–H and O–H groups in total. The number of thiol groups is 5. The second kappa shape index (κ2) is 26.2. The lowest BCUT2D eigenvalue weighted by atomic mass is 10.2. The van der Waals surface area contributed by atoms with Crippen molar-refractivity contribution in [3.8, 4) is 0 Å². The molecule has 5 atom stereocenters. The van der Waals surface area contributed by atoms with Gasteiger partial charge in [-0.05, 0) is 0 Å². The second-order valence-electron chi connectivity index (χ2n) is 9.93. The van der Waals surface area contributed by atoms with Gasteiger partial charge in [0, 0.05) is 28.8 Å². The van der Waals surface area contributed by atoms with Gasteiger partial charge in [0.25, 0.3) is 0 Å². The van der Waals surface area contributed by atoms with E-state index in [0.29, 0.717) is 0 Å². The Balaban J connectivity index is 4.78. The van der Waals surface area contributed by atoms with Gasteiger partial charge in [0.2, 0.25) is 53.2 Å². The Bertz CT molecular complexity index is 1280. The van der Waals surface area contributed by atoms with Crippen LogP contribution < -0.4 is 53.6 Å². The smallest absolute Gasteiger partial charge is 0.327 e. The molecule has 0 aliphatic heterocycles. The Kier molecular flexibility index (Phi) is 24.4. The van der Waals surface area contributed by atoms with Crippen molar-refractivity contribution in [3.05, 3.63) is 0 Å². The molecular formula is C25H42N10O11S5. The Morgan fingerprint density at radius 1 is 0.412 bits per heavy atom. The maximum absolute atomic E-state index is 12.5. The van der Waals surface area contributed by atoms with E-state index in [1.165, 1.54) is 0 Å². The molecule has 0 aromatic rings. The molecule has 26 heteroatoms. The lowest BCUT2D eigenvalue weighted by molar-refractivity contribution is -0.141. The summed E-state index contributed by atoms with van der Waals surface area (Å²) in [6.45, 7) is -2.80. The van der Waals surface area contributed by atoms with Crippen LogP contribution in [0, 0.1) is 0 Å². The molecule has 0 rings (SSSR count). The minimum Gasteiger partial charge on any atom is -0.480 e. The molecule has 0 saturated carbocycles. The third-order valence-corrected chi connectivity index (χ3v) is 7.86. The Labute approximate surface area is 319 Å². The van der Waals surface area contributed by atoms with E-state index in [-0.39, 0.29) is 35.3 Å². The van der Waals surface area contributed by atoms with Crippen molar-refractivity contribution in [2.45, 2.75) is 30.2 Å². The molecule has 0 unspecified atom stereocenters. The molecular weight excluding hydrogens is 777 g/mol. The average Bonchev–Trinajstić information content (AvgIpc) is 3.11. The average molecular weight is 819 g/mol. The van der Waals surface area contributed by atoms with Gasteiger partial charge >= 0.3 is 5.97 Å². The summed E-state index contributed by atoms with van der Waals surface area (Å²) in [5.74, 6) is -9.30. The van der Waals surface area contributed by atoms with Crippen molar-refractivity contribution in [1.82, 2.24) is 47.9 Å². The number of nitrogens with one attached hydrogen (secondary N) is 9. The zero-order valence-electron chi connectivity index (χ0n) is 26.8. The minimum atomic E-state index is -1.32. The van der Waals surface area contributed by atoms with Gasteiger partial charge in [-0.3, -0.25) is 43.2 Å². The SMILES string of the molecule is NCC(=O)N[C@@H](CS)C(=O)NCC(=O)N[C@@H](CS)C(=O)NCC(=O)N[C@@H](CS)C(=O)NCC(=O)N[C@@H](CS)C(=O)NCC(=O)N[C@@H](CS)C(=O)O. The summed E-state index contributed by atoms with van der Waals surface area (Å²) in [7, 11) is 0. The van der Waals surface area contributed by atoms with Gasteiger partial charge in [-0.2, -0.15) is 63.1 Å². The van der Waals surface area contributed by atoms with Crippen molar-refractivity contribution in [1.29, 1.82) is 0 Å². The lowest BCUT2D eigenvalue weighted by Crippen LogP contribution is -2.56. The van der Waals surface area contributed by atoms with Crippen molar-refractivity contribution in [2.24, 2.45) is 5.73 Å². The quantitative estimate of drug-likeness (QED) is 0.0404. The van der Waals surface area contributed by atoms with Crippen LogP contribution >= 0.6 is 63.1 Å². The molecule has 51 heavy (non-hydrogen) atoms. The van der Waals surface area contributed by atoms with Crippen LogP contribution in [0.3, 0.4) is 0 Å². The highest BCUT2D eigenvalue weighted by Crippen LogP contribution is 1.94. The van der Waals surface area contributed by atoms with Crippen molar-refractivity contribution in [2.75, 3.05) is 61.5 Å². The fourth-order valence-electron chi connectivity index (χ4n) is 3.36. The standard InChI is InChI=1S/C25H42N10O11S5/c26-1-16(36)31-11(6-47)21(41)27-2-17(37)32-12(7-48)22(42)28-3-18(38)33-13(8-49)23(43)29-4-19(39)34-14(9-50)24(44)30-5-20(40)35-15(10-51)25(45)46/h11-15,47-51H,1-10,26H2,(H,27,41)(H,28,42)(H,29,43)(H,30,44)(H,31,36)(H,32,37)(H,33,38)(H,34,39)(H,35,40)(H,45,46)/t11-,12-,13-,14-,15-/m0/s1. The molecule has 0 aliphatic rings. The maximum atomic E-state index is 12.5. The number of hydrogen-bond acceptors (Lipinski definition) is 16. The van der Waals surface area contributed by atoms with Gasteiger partial charge in [-0.15, -0.1) is 0 Å². The Hall–Kier alpha value is -3.59. The van der Waals surface area contributed by atoms with Crippen molar-refractivity contribution in [3.63, 3.8) is 0 Å². The van der Waals surface area contributed by atoms with Gasteiger partial charge < -0.3 is 58.7 Å². The maximum Gasteiger partial charge on any atom is 0.327 e. The first-order valence-electron chi connectivity index (χ1n) is 14.6. The molecule has 288 valence electrons. The number of nitrogens with two attached hydrogens (primary N) is 1. The van der Waals surface area contributed by atoms with Crippen LogP contribution in [0.25, 0.3) is 0 Å². The van der Waals surface area contributed by atoms with Gasteiger partial charge in [0.15, 0.2) is 0 Å². The molecule has 0 aliphatic carbocycles. The van der Waals surface area contributed by atoms with Gasteiger partial charge in [0.1, 0.15) is 30.2 Å². The van der Waals surface area contributed by atoms with Gasteiger partial charge in [0.05, 0.1) is 32.7 Å². The molecule has 21 nitrogen and oxygen atoms in total. The number of carbonyl (C=O) groups is 10. The van der Waals surface area contributed by atoms with Crippen LogP contribution in [-0.2, 0) is 47.9 Å². The zero-order chi connectivity index (χ0) is 39.1. The van der Waals surface area contributed by atoms with E-state index < -0.39 is 116 Å².